The van der Waals surface area contributed by atoms with Crippen LogP contribution in [0.4, 0.5) is 0 Å². The summed E-state index contributed by atoms with van der Waals surface area (Å²) in [6, 6.07) is 4.72. The maximum atomic E-state index is 11.1. The minimum atomic E-state index is -3.66. The van der Waals surface area contributed by atoms with Gasteiger partial charge in [-0.3, -0.25) is 0 Å². The van der Waals surface area contributed by atoms with E-state index >= 15 is 0 Å². The molecule has 3 nitrogen and oxygen atoms in total. The molecular formula is C10H13ClO3S. The summed E-state index contributed by atoms with van der Waals surface area (Å²) in [7, 11) is 1.59. The normalized spacial score (nSPS) is 11.8. The molecule has 0 atom stereocenters. The van der Waals surface area contributed by atoms with E-state index in [0.717, 1.165) is 0 Å². The molecule has 0 aromatic heterocycles. The first-order valence-electron chi connectivity index (χ1n) is 4.52. The lowest BCUT2D eigenvalue weighted by atomic mass is 10.2. The summed E-state index contributed by atoms with van der Waals surface area (Å²) in [5.41, 5.74) is 0.586. The van der Waals surface area contributed by atoms with E-state index in [4.69, 9.17) is 15.4 Å². The van der Waals surface area contributed by atoms with Crippen LogP contribution in [0.2, 0.25) is 0 Å². The third-order valence-corrected chi connectivity index (χ3v) is 3.26. The molecule has 84 valence electrons. The summed E-state index contributed by atoms with van der Waals surface area (Å²) in [5, 5.41) is 0. The molecule has 15 heavy (non-hydrogen) atoms. The molecule has 0 saturated heterocycles. The molecule has 0 amide bonds. The van der Waals surface area contributed by atoms with Gasteiger partial charge in [-0.2, -0.15) is 0 Å². The fourth-order valence-electron chi connectivity index (χ4n) is 1.24. The molecule has 0 N–H and O–H groups in total. The highest BCUT2D eigenvalue weighted by Crippen LogP contribution is 2.24. The smallest absolute Gasteiger partial charge is 0.261 e. The van der Waals surface area contributed by atoms with Crippen molar-refractivity contribution in [2.24, 2.45) is 0 Å². The van der Waals surface area contributed by atoms with Gasteiger partial charge in [-0.1, -0.05) is 0 Å². The van der Waals surface area contributed by atoms with E-state index in [-0.39, 0.29) is 11.0 Å². The van der Waals surface area contributed by atoms with E-state index in [1.54, 1.807) is 19.1 Å². The van der Waals surface area contributed by atoms with Crippen LogP contribution in [-0.2, 0) is 9.05 Å². The van der Waals surface area contributed by atoms with Gasteiger partial charge >= 0.3 is 0 Å². The second-order valence-electron chi connectivity index (χ2n) is 3.53. The van der Waals surface area contributed by atoms with Crippen LogP contribution in [0.15, 0.2) is 23.1 Å². The van der Waals surface area contributed by atoms with E-state index in [9.17, 15) is 8.42 Å². The lowest BCUT2D eigenvalue weighted by molar-refractivity contribution is 0.242. The predicted molar refractivity (Wildman–Crippen MR) is 60.0 cm³/mol. The van der Waals surface area contributed by atoms with Crippen molar-refractivity contribution in [2.75, 3.05) is 0 Å². The summed E-state index contributed by atoms with van der Waals surface area (Å²) in [6.45, 7) is 5.49. The summed E-state index contributed by atoms with van der Waals surface area (Å²) < 4.78 is 27.6. The van der Waals surface area contributed by atoms with E-state index in [2.05, 4.69) is 0 Å². The minimum Gasteiger partial charge on any atom is -0.491 e. The fourth-order valence-corrected chi connectivity index (χ4v) is 2.43. The van der Waals surface area contributed by atoms with E-state index in [1.807, 2.05) is 13.8 Å². The molecule has 0 bridgehead atoms. The molecule has 1 aromatic rings. The molecular weight excluding hydrogens is 236 g/mol. The molecule has 1 aromatic carbocycles. The maximum Gasteiger partial charge on any atom is 0.261 e. The highest BCUT2D eigenvalue weighted by Gasteiger charge is 2.13. The highest BCUT2D eigenvalue weighted by atomic mass is 35.7. The number of hydrogen-bond donors (Lipinski definition) is 0. The summed E-state index contributed by atoms with van der Waals surface area (Å²) in [6.07, 6.45) is 0.0582. The van der Waals surface area contributed by atoms with E-state index < -0.39 is 9.05 Å². The number of hydrogen-bond acceptors (Lipinski definition) is 3. The minimum absolute atomic E-state index is 0.0582. The lowest BCUT2D eigenvalue weighted by Gasteiger charge is -2.11. The second kappa shape index (κ2) is 4.41. The quantitative estimate of drug-likeness (QED) is 0.773. The Bertz CT molecular complexity index is 452. The third kappa shape index (κ3) is 3.39. The zero-order chi connectivity index (χ0) is 11.6. The Morgan fingerprint density at radius 3 is 2.33 bits per heavy atom. The Kier molecular flexibility index (Phi) is 3.62. The molecule has 0 unspecified atom stereocenters. The van der Waals surface area contributed by atoms with Gasteiger partial charge < -0.3 is 4.74 Å². The van der Waals surface area contributed by atoms with E-state index in [1.165, 1.54) is 6.07 Å². The molecule has 0 aliphatic rings. The molecule has 5 heteroatoms. The number of ether oxygens (including phenoxy) is 1. The summed E-state index contributed by atoms with van der Waals surface area (Å²) in [4.78, 5) is 0.125. The number of rotatable bonds is 3. The lowest BCUT2D eigenvalue weighted by Crippen LogP contribution is -2.06. The maximum absolute atomic E-state index is 11.1. The zero-order valence-corrected chi connectivity index (χ0v) is 10.4. The Balaban J connectivity index is 3.09. The van der Waals surface area contributed by atoms with Crippen LogP contribution in [0.3, 0.4) is 0 Å². The van der Waals surface area contributed by atoms with Gasteiger partial charge in [-0.15, -0.1) is 0 Å². The molecule has 0 aliphatic heterocycles. The van der Waals surface area contributed by atoms with Crippen LogP contribution in [-0.4, -0.2) is 14.5 Å². The number of halogens is 1. The van der Waals surface area contributed by atoms with Crippen molar-refractivity contribution in [2.45, 2.75) is 31.8 Å². The first-order valence-corrected chi connectivity index (χ1v) is 6.83. The zero-order valence-electron chi connectivity index (χ0n) is 8.82. The molecule has 0 spiro atoms. The van der Waals surface area contributed by atoms with Crippen molar-refractivity contribution in [3.05, 3.63) is 23.8 Å². The summed E-state index contributed by atoms with van der Waals surface area (Å²) >= 11 is 0. The van der Waals surface area contributed by atoms with Crippen LogP contribution in [0.5, 0.6) is 5.75 Å². The van der Waals surface area contributed by atoms with Crippen molar-refractivity contribution < 1.29 is 13.2 Å². The van der Waals surface area contributed by atoms with Gasteiger partial charge in [0.15, 0.2) is 0 Å². The Hall–Kier alpha value is -0.740. The highest BCUT2D eigenvalue weighted by molar-refractivity contribution is 8.13. The molecule has 0 saturated carbocycles. The van der Waals surface area contributed by atoms with Gasteiger partial charge in [0.2, 0.25) is 0 Å². The monoisotopic (exact) mass is 248 g/mol. The van der Waals surface area contributed by atoms with Gasteiger partial charge in [0.05, 0.1) is 11.0 Å². The van der Waals surface area contributed by atoms with Gasteiger partial charge in [-0.05, 0) is 44.5 Å². The van der Waals surface area contributed by atoms with Gasteiger partial charge in [0.25, 0.3) is 9.05 Å². The van der Waals surface area contributed by atoms with Gasteiger partial charge in [0, 0.05) is 10.7 Å². The van der Waals surface area contributed by atoms with Crippen molar-refractivity contribution in [1.29, 1.82) is 0 Å². The average molecular weight is 249 g/mol. The van der Waals surface area contributed by atoms with Gasteiger partial charge in [0.1, 0.15) is 5.75 Å². The van der Waals surface area contributed by atoms with Gasteiger partial charge in [-0.25, -0.2) is 8.42 Å². The van der Waals surface area contributed by atoms with Crippen molar-refractivity contribution >= 4 is 19.7 Å². The van der Waals surface area contributed by atoms with Crippen molar-refractivity contribution in [1.82, 2.24) is 0 Å². The predicted octanol–water partition coefficient (Wildman–Crippen LogP) is 2.71. The molecule has 1 rings (SSSR count). The van der Waals surface area contributed by atoms with E-state index in [0.29, 0.717) is 11.3 Å². The van der Waals surface area contributed by atoms with Crippen LogP contribution in [0.25, 0.3) is 0 Å². The SMILES string of the molecule is Cc1cc(OC(C)C)ccc1S(=O)(=O)Cl. The fraction of sp³-hybridized carbons (Fsp3) is 0.400. The van der Waals surface area contributed by atoms with Crippen LogP contribution >= 0.6 is 10.7 Å². The molecule has 0 fully saturated rings. The standard InChI is InChI=1S/C10H13ClO3S/c1-7(2)14-9-4-5-10(8(3)6-9)15(11,12)13/h4-7H,1-3H3. The van der Waals surface area contributed by atoms with Crippen LogP contribution in [0, 0.1) is 6.92 Å². The Morgan fingerprint density at radius 1 is 1.33 bits per heavy atom. The van der Waals surface area contributed by atoms with Crippen molar-refractivity contribution in [3.63, 3.8) is 0 Å². The Morgan fingerprint density at radius 2 is 1.93 bits per heavy atom. The topological polar surface area (TPSA) is 43.4 Å². The largest absolute Gasteiger partial charge is 0.491 e. The first-order chi connectivity index (χ1) is 6.80. The van der Waals surface area contributed by atoms with Crippen molar-refractivity contribution in [3.8, 4) is 5.75 Å². The molecule has 0 aliphatic carbocycles. The molecule has 0 heterocycles. The van der Waals surface area contributed by atoms with Crippen LogP contribution < -0.4 is 4.74 Å². The summed E-state index contributed by atoms with van der Waals surface area (Å²) in [5.74, 6) is 0.645. The number of aryl methyl sites for hydroxylation is 1. The third-order valence-electron chi connectivity index (χ3n) is 1.78. The number of benzene rings is 1. The van der Waals surface area contributed by atoms with Crippen LogP contribution in [0.1, 0.15) is 19.4 Å². The average Bonchev–Trinajstić information content (AvgIpc) is 1.99. The Labute approximate surface area is 94.4 Å². The second-order valence-corrected chi connectivity index (χ2v) is 6.07. The first kappa shape index (κ1) is 12.3. The molecule has 0 radical (unpaired) electrons.